The van der Waals surface area contributed by atoms with Gasteiger partial charge in [-0.3, -0.25) is 0 Å². The van der Waals surface area contributed by atoms with Gasteiger partial charge >= 0.3 is 0 Å². The molecule has 0 heterocycles. The highest BCUT2D eigenvalue weighted by Crippen LogP contribution is 2.03. The maximum Gasteiger partial charge on any atom is 0.0667 e. The Labute approximate surface area is 75.3 Å². The lowest BCUT2D eigenvalue weighted by atomic mass is 10.1. The molecule has 0 amide bonds. The third-order valence-electron chi connectivity index (χ3n) is 1.80. The standard InChI is InChI=1S/C9H22N2O/c1-7(2)4-9(12)6-11-8(3)5-10/h7-9,11-12H,4-6,10H2,1-3H3. The molecule has 0 aliphatic carbocycles. The molecule has 3 heteroatoms. The van der Waals surface area contributed by atoms with Crippen LogP contribution in [0.4, 0.5) is 0 Å². The van der Waals surface area contributed by atoms with Crippen molar-refractivity contribution in [3.05, 3.63) is 0 Å². The van der Waals surface area contributed by atoms with E-state index in [1.165, 1.54) is 0 Å². The fourth-order valence-corrected chi connectivity index (χ4v) is 1.05. The van der Waals surface area contributed by atoms with E-state index in [0.29, 0.717) is 25.0 Å². The Kier molecular flexibility index (Phi) is 6.34. The molecule has 0 aromatic heterocycles. The molecule has 0 fully saturated rings. The Balaban J connectivity index is 3.36. The molecule has 0 saturated carbocycles. The van der Waals surface area contributed by atoms with Crippen molar-refractivity contribution in [2.75, 3.05) is 13.1 Å². The van der Waals surface area contributed by atoms with E-state index in [1.54, 1.807) is 0 Å². The summed E-state index contributed by atoms with van der Waals surface area (Å²) in [5, 5.41) is 12.6. The van der Waals surface area contributed by atoms with Crippen LogP contribution in [0.3, 0.4) is 0 Å². The van der Waals surface area contributed by atoms with E-state index in [-0.39, 0.29) is 6.10 Å². The fourth-order valence-electron chi connectivity index (χ4n) is 1.05. The number of aliphatic hydroxyl groups excluding tert-OH is 1. The maximum atomic E-state index is 9.46. The zero-order chi connectivity index (χ0) is 9.56. The predicted octanol–water partition coefficient (Wildman–Crippen LogP) is 0.330. The van der Waals surface area contributed by atoms with Crippen molar-refractivity contribution in [1.29, 1.82) is 0 Å². The molecule has 0 aromatic rings. The van der Waals surface area contributed by atoms with Crippen LogP contribution >= 0.6 is 0 Å². The normalized spacial score (nSPS) is 16.5. The molecule has 0 aromatic carbocycles. The van der Waals surface area contributed by atoms with Gasteiger partial charge in [-0.1, -0.05) is 13.8 Å². The maximum absolute atomic E-state index is 9.46. The lowest BCUT2D eigenvalue weighted by Crippen LogP contribution is -2.38. The van der Waals surface area contributed by atoms with E-state index in [0.717, 1.165) is 6.42 Å². The number of hydrogen-bond donors (Lipinski definition) is 3. The first-order valence-corrected chi connectivity index (χ1v) is 4.67. The summed E-state index contributed by atoms with van der Waals surface area (Å²) < 4.78 is 0. The van der Waals surface area contributed by atoms with Gasteiger partial charge in [-0.2, -0.15) is 0 Å². The van der Waals surface area contributed by atoms with Gasteiger partial charge in [0.1, 0.15) is 0 Å². The lowest BCUT2D eigenvalue weighted by Gasteiger charge is -2.16. The Morgan fingerprint density at radius 3 is 2.33 bits per heavy atom. The zero-order valence-electron chi connectivity index (χ0n) is 8.38. The summed E-state index contributed by atoms with van der Waals surface area (Å²) in [6, 6.07) is 0.298. The van der Waals surface area contributed by atoms with Crippen LogP contribution in [0, 0.1) is 5.92 Å². The predicted molar refractivity (Wildman–Crippen MR) is 52.0 cm³/mol. The number of nitrogens with one attached hydrogen (secondary N) is 1. The van der Waals surface area contributed by atoms with Crippen LogP contribution in [0.2, 0.25) is 0 Å². The molecule has 0 aliphatic heterocycles. The van der Waals surface area contributed by atoms with Crippen LogP contribution in [0.1, 0.15) is 27.2 Å². The van der Waals surface area contributed by atoms with Crippen molar-refractivity contribution >= 4 is 0 Å². The van der Waals surface area contributed by atoms with Crippen molar-refractivity contribution in [3.8, 4) is 0 Å². The largest absolute Gasteiger partial charge is 0.392 e. The fraction of sp³-hybridized carbons (Fsp3) is 1.00. The van der Waals surface area contributed by atoms with Gasteiger partial charge in [0.15, 0.2) is 0 Å². The number of aliphatic hydroxyl groups is 1. The highest BCUT2D eigenvalue weighted by molar-refractivity contribution is 4.66. The highest BCUT2D eigenvalue weighted by Gasteiger charge is 2.07. The Hall–Kier alpha value is -0.120. The molecule has 0 rings (SSSR count). The first-order chi connectivity index (χ1) is 5.56. The Morgan fingerprint density at radius 1 is 1.33 bits per heavy atom. The van der Waals surface area contributed by atoms with Gasteiger partial charge in [0.25, 0.3) is 0 Å². The lowest BCUT2D eigenvalue weighted by molar-refractivity contribution is 0.143. The summed E-state index contributed by atoms with van der Waals surface area (Å²) in [6.45, 7) is 7.50. The van der Waals surface area contributed by atoms with Crippen LogP contribution < -0.4 is 11.1 Å². The van der Waals surface area contributed by atoms with E-state index >= 15 is 0 Å². The van der Waals surface area contributed by atoms with Crippen LogP contribution in [0.5, 0.6) is 0 Å². The van der Waals surface area contributed by atoms with Crippen molar-refractivity contribution < 1.29 is 5.11 Å². The Bertz CT molecular complexity index is 107. The average Bonchev–Trinajstić information content (AvgIpc) is 1.99. The van der Waals surface area contributed by atoms with Gasteiger partial charge in [-0.05, 0) is 19.3 Å². The number of hydrogen-bond acceptors (Lipinski definition) is 3. The quantitative estimate of drug-likeness (QED) is 0.544. The van der Waals surface area contributed by atoms with E-state index in [1.807, 2.05) is 6.92 Å². The van der Waals surface area contributed by atoms with Gasteiger partial charge in [-0.15, -0.1) is 0 Å². The molecule has 2 atom stereocenters. The van der Waals surface area contributed by atoms with Gasteiger partial charge in [0.2, 0.25) is 0 Å². The Morgan fingerprint density at radius 2 is 1.92 bits per heavy atom. The molecule has 0 bridgehead atoms. The summed E-state index contributed by atoms with van der Waals surface area (Å²) in [5.41, 5.74) is 5.42. The molecule has 12 heavy (non-hydrogen) atoms. The van der Waals surface area contributed by atoms with Crippen molar-refractivity contribution in [1.82, 2.24) is 5.32 Å². The molecular formula is C9H22N2O. The van der Waals surface area contributed by atoms with Crippen LogP contribution in [-0.2, 0) is 0 Å². The van der Waals surface area contributed by atoms with Gasteiger partial charge < -0.3 is 16.2 Å². The van der Waals surface area contributed by atoms with Crippen LogP contribution in [0.15, 0.2) is 0 Å². The minimum atomic E-state index is -0.237. The summed E-state index contributed by atoms with van der Waals surface area (Å²) in [6.07, 6.45) is 0.614. The van der Waals surface area contributed by atoms with Gasteiger partial charge in [-0.25, -0.2) is 0 Å². The van der Waals surface area contributed by atoms with Crippen molar-refractivity contribution in [2.24, 2.45) is 11.7 Å². The van der Waals surface area contributed by atoms with Gasteiger partial charge in [0.05, 0.1) is 6.10 Å². The molecule has 0 aliphatic rings. The summed E-state index contributed by atoms with van der Waals surface area (Å²) >= 11 is 0. The molecule has 0 radical (unpaired) electrons. The minimum absolute atomic E-state index is 0.237. The second-order valence-corrected chi connectivity index (χ2v) is 3.83. The third kappa shape index (κ3) is 6.58. The third-order valence-corrected chi connectivity index (χ3v) is 1.80. The summed E-state index contributed by atoms with van der Waals surface area (Å²) in [4.78, 5) is 0. The van der Waals surface area contributed by atoms with Crippen LogP contribution in [0.25, 0.3) is 0 Å². The molecular weight excluding hydrogens is 152 g/mol. The van der Waals surface area contributed by atoms with Gasteiger partial charge in [0, 0.05) is 19.1 Å². The van der Waals surface area contributed by atoms with E-state index in [9.17, 15) is 5.11 Å². The average molecular weight is 174 g/mol. The molecule has 74 valence electrons. The minimum Gasteiger partial charge on any atom is -0.392 e. The monoisotopic (exact) mass is 174 g/mol. The zero-order valence-corrected chi connectivity index (χ0v) is 8.38. The number of rotatable bonds is 6. The first kappa shape index (κ1) is 11.9. The second kappa shape index (κ2) is 6.40. The first-order valence-electron chi connectivity index (χ1n) is 4.67. The van der Waals surface area contributed by atoms with E-state index in [4.69, 9.17) is 5.73 Å². The summed E-state index contributed by atoms with van der Waals surface area (Å²) in [5.74, 6) is 0.551. The molecule has 3 nitrogen and oxygen atoms in total. The molecule has 2 unspecified atom stereocenters. The molecule has 4 N–H and O–H groups in total. The van der Waals surface area contributed by atoms with E-state index < -0.39 is 0 Å². The number of nitrogens with two attached hydrogens (primary N) is 1. The van der Waals surface area contributed by atoms with Crippen molar-refractivity contribution in [2.45, 2.75) is 39.3 Å². The smallest absolute Gasteiger partial charge is 0.0667 e. The van der Waals surface area contributed by atoms with Crippen LogP contribution in [-0.4, -0.2) is 30.3 Å². The molecule has 0 saturated heterocycles. The highest BCUT2D eigenvalue weighted by atomic mass is 16.3. The molecule has 0 spiro atoms. The van der Waals surface area contributed by atoms with Crippen molar-refractivity contribution in [3.63, 3.8) is 0 Å². The second-order valence-electron chi connectivity index (χ2n) is 3.83. The summed E-state index contributed by atoms with van der Waals surface area (Å²) in [7, 11) is 0. The van der Waals surface area contributed by atoms with E-state index in [2.05, 4.69) is 19.2 Å². The topological polar surface area (TPSA) is 58.3 Å². The SMILES string of the molecule is CC(C)CC(O)CNC(C)CN.